The van der Waals surface area contributed by atoms with Crippen molar-refractivity contribution in [2.75, 3.05) is 13.2 Å². The van der Waals surface area contributed by atoms with Crippen LogP contribution in [-0.4, -0.2) is 51.6 Å². The maximum Gasteiger partial charge on any atom is 0.407 e. The summed E-state index contributed by atoms with van der Waals surface area (Å²) >= 11 is 0.788. The van der Waals surface area contributed by atoms with Crippen molar-refractivity contribution in [3.63, 3.8) is 0 Å². The first-order valence-electron chi connectivity index (χ1n) is 10.0. The summed E-state index contributed by atoms with van der Waals surface area (Å²) in [5.41, 5.74) is 4.68. The molecule has 0 bridgehead atoms. The topological polar surface area (TPSA) is 129 Å². The van der Waals surface area contributed by atoms with E-state index in [1.807, 2.05) is 48.5 Å². The van der Waals surface area contributed by atoms with E-state index >= 15 is 0 Å². The van der Waals surface area contributed by atoms with Crippen LogP contribution in [0.3, 0.4) is 0 Å². The number of fused-ring (bicyclic) bond motifs is 3. The van der Waals surface area contributed by atoms with Crippen molar-refractivity contribution in [1.29, 1.82) is 0 Å². The van der Waals surface area contributed by atoms with Crippen LogP contribution in [0.15, 0.2) is 48.5 Å². The van der Waals surface area contributed by atoms with Crippen LogP contribution in [0, 0.1) is 6.92 Å². The van der Waals surface area contributed by atoms with Crippen LogP contribution in [0.5, 0.6) is 0 Å². The van der Waals surface area contributed by atoms with Gasteiger partial charge in [0.25, 0.3) is 0 Å². The van der Waals surface area contributed by atoms with Gasteiger partial charge in [0.1, 0.15) is 28.7 Å². The average Bonchev–Trinajstić information content (AvgIpc) is 3.34. The fourth-order valence-electron chi connectivity index (χ4n) is 3.86. The number of benzene rings is 2. The number of carbonyl (C=O) groups excluding carboxylic acids is 1. The summed E-state index contributed by atoms with van der Waals surface area (Å²) in [6, 6.07) is 16.0. The highest BCUT2D eigenvalue weighted by molar-refractivity contribution is 7.13. The predicted molar refractivity (Wildman–Crippen MR) is 118 cm³/mol. The Hall–Kier alpha value is -3.27. The molecule has 3 aromatic rings. The molecule has 4 N–H and O–H groups in total. The third kappa shape index (κ3) is 4.22. The minimum absolute atomic E-state index is 0.00394. The summed E-state index contributed by atoms with van der Waals surface area (Å²) in [4.78, 5) is 27.3. The predicted octanol–water partition coefficient (Wildman–Crippen LogP) is 3.08. The largest absolute Gasteiger partial charge is 0.477 e. The molecular weight excluding hydrogens is 432 g/mol. The molecule has 2 aromatic carbocycles. The van der Waals surface area contributed by atoms with E-state index in [0.717, 1.165) is 33.6 Å². The van der Waals surface area contributed by atoms with E-state index in [2.05, 4.69) is 10.3 Å². The number of carboxylic acids is 1. The maximum absolute atomic E-state index is 12.2. The van der Waals surface area contributed by atoms with Gasteiger partial charge in [-0.15, -0.1) is 11.3 Å². The molecule has 1 aliphatic rings. The van der Waals surface area contributed by atoms with E-state index < -0.39 is 24.3 Å². The summed E-state index contributed by atoms with van der Waals surface area (Å²) in [7, 11) is 0. The van der Waals surface area contributed by atoms with Gasteiger partial charge in [0.15, 0.2) is 0 Å². The second-order valence-corrected chi connectivity index (χ2v) is 8.52. The van der Waals surface area contributed by atoms with Crippen LogP contribution >= 0.6 is 11.3 Å². The molecule has 2 unspecified atom stereocenters. The molecule has 1 heterocycles. The van der Waals surface area contributed by atoms with Crippen molar-refractivity contribution in [1.82, 2.24) is 10.3 Å². The van der Waals surface area contributed by atoms with Crippen LogP contribution < -0.4 is 5.32 Å². The molecule has 1 aliphatic carbocycles. The van der Waals surface area contributed by atoms with E-state index in [4.69, 9.17) is 9.84 Å². The molecule has 1 aromatic heterocycles. The fourth-order valence-corrected chi connectivity index (χ4v) is 4.81. The van der Waals surface area contributed by atoms with Crippen molar-refractivity contribution >= 4 is 23.4 Å². The van der Waals surface area contributed by atoms with Gasteiger partial charge in [0.05, 0.1) is 5.69 Å². The number of nitrogens with zero attached hydrogens (tertiary/aromatic N) is 1. The molecule has 0 saturated carbocycles. The number of amides is 1. The Morgan fingerprint density at radius 2 is 1.69 bits per heavy atom. The zero-order chi connectivity index (χ0) is 22.8. The highest BCUT2D eigenvalue weighted by atomic mass is 32.1. The summed E-state index contributed by atoms with van der Waals surface area (Å²) in [5.74, 6) is -1.24. The fraction of sp³-hybridized carbons (Fsp3) is 0.261. The lowest BCUT2D eigenvalue weighted by Crippen LogP contribution is -2.36. The van der Waals surface area contributed by atoms with Gasteiger partial charge in [0.2, 0.25) is 0 Å². The van der Waals surface area contributed by atoms with Crippen LogP contribution in [-0.2, 0) is 4.74 Å². The number of ether oxygens (including phenoxy) is 1. The van der Waals surface area contributed by atoms with E-state index in [1.54, 1.807) is 0 Å². The average molecular weight is 455 g/mol. The molecule has 1 amide bonds. The van der Waals surface area contributed by atoms with Gasteiger partial charge in [-0.05, 0) is 29.2 Å². The lowest BCUT2D eigenvalue weighted by molar-refractivity contribution is 0.0184. The summed E-state index contributed by atoms with van der Waals surface area (Å²) in [6.45, 7) is 1.36. The Morgan fingerprint density at radius 3 is 2.25 bits per heavy atom. The van der Waals surface area contributed by atoms with E-state index in [9.17, 15) is 19.8 Å². The normalized spacial score (nSPS) is 14.3. The van der Waals surface area contributed by atoms with Crippen molar-refractivity contribution in [2.45, 2.75) is 25.0 Å². The smallest absolute Gasteiger partial charge is 0.407 e. The van der Waals surface area contributed by atoms with Crippen LogP contribution in [0.4, 0.5) is 4.79 Å². The Bertz CT molecular complexity index is 1120. The zero-order valence-electron chi connectivity index (χ0n) is 17.2. The molecule has 0 spiro atoms. The SMILES string of the molecule is Cc1nc(C(O)C(O)CNC(=O)OCC2c3ccccc3-c3ccccc32)sc1C(=O)O. The number of carboxylic acid groups (broad SMARTS) is 1. The van der Waals surface area contributed by atoms with Crippen LogP contribution in [0.1, 0.15) is 43.5 Å². The quantitative estimate of drug-likeness (QED) is 0.432. The Labute approximate surface area is 188 Å². The van der Waals surface area contributed by atoms with E-state index in [-0.39, 0.29) is 34.6 Å². The minimum Gasteiger partial charge on any atom is -0.477 e. The highest BCUT2D eigenvalue weighted by Crippen LogP contribution is 2.44. The molecule has 2 atom stereocenters. The lowest BCUT2D eigenvalue weighted by atomic mass is 9.98. The number of aryl methyl sites for hydroxylation is 1. The Balaban J connectivity index is 1.34. The molecule has 166 valence electrons. The third-order valence-corrected chi connectivity index (χ3v) is 6.64. The van der Waals surface area contributed by atoms with Crippen molar-refractivity contribution in [3.05, 3.63) is 75.2 Å². The number of nitrogens with one attached hydrogen (secondary N) is 1. The van der Waals surface area contributed by atoms with Gasteiger partial charge >= 0.3 is 12.1 Å². The molecule has 0 aliphatic heterocycles. The standard InChI is InChI=1S/C23H22N2O6S/c1-12-20(22(28)29)32-21(25-12)19(27)18(26)10-24-23(30)31-11-17-15-8-4-2-6-13(15)14-7-3-5-9-16(14)17/h2-9,17-19,26-27H,10-11H2,1H3,(H,24,30)(H,28,29). The third-order valence-electron chi connectivity index (χ3n) is 5.42. The number of aromatic nitrogens is 1. The molecule has 0 radical (unpaired) electrons. The first-order chi connectivity index (χ1) is 15.4. The van der Waals surface area contributed by atoms with Crippen molar-refractivity contribution in [3.8, 4) is 11.1 Å². The summed E-state index contributed by atoms with van der Waals surface area (Å²) in [5, 5.41) is 32.1. The van der Waals surface area contributed by atoms with Crippen LogP contribution in [0.25, 0.3) is 11.1 Å². The molecule has 0 fully saturated rings. The Morgan fingerprint density at radius 1 is 1.09 bits per heavy atom. The number of hydrogen-bond donors (Lipinski definition) is 4. The number of alkyl carbamates (subject to hydrolysis) is 1. The first kappa shape index (κ1) is 21.9. The number of aliphatic hydroxyl groups is 2. The number of carbonyl (C=O) groups is 2. The van der Waals surface area contributed by atoms with E-state index in [0.29, 0.717) is 0 Å². The lowest BCUT2D eigenvalue weighted by Gasteiger charge is -2.18. The number of hydrogen-bond acceptors (Lipinski definition) is 7. The monoisotopic (exact) mass is 454 g/mol. The molecule has 32 heavy (non-hydrogen) atoms. The maximum atomic E-state index is 12.2. The van der Waals surface area contributed by atoms with Gasteiger partial charge in [0, 0.05) is 12.5 Å². The van der Waals surface area contributed by atoms with Gasteiger partial charge in [-0.25, -0.2) is 14.6 Å². The summed E-state index contributed by atoms with van der Waals surface area (Å²) in [6.07, 6.45) is -3.52. The second kappa shape index (κ2) is 9.07. The van der Waals surface area contributed by atoms with Gasteiger partial charge in [-0.1, -0.05) is 48.5 Å². The molecule has 4 rings (SSSR count). The number of aliphatic hydroxyl groups excluding tert-OH is 2. The van der Waals surface area contributed by atoms with Gasteiger partial charge < -0.3 is 25.4 Å². The van der Waals surface area contributed by atoms with Gasteiger partial charge in [-0.2, -0.15) is 0 Å². The first-order valence-corrected chi connectivity index (χ1v) is 10.8. The summed E-state index contributed by atoms with van der Waals surface area (Å²) < 4.78 is 5.40. The van der Waals surface area contributed by atoms with Crippen molar-refractivity contribution in [2.24, 2.45) is 0 Å². The zero-order valence-corrected chi connectivity index (χ0v) is 18.0. The van der Waals surface area contributed by atoms with Crippen molar-refractivity contribution < 1.29 is 29.6 Å². The molecule has 9 heteroatoms. The number of aromatic carboxylic acids is 1. The van der Waals surface area contributed by atoms with Crippen LogP contribution in [0.2, 0.25) is 0 Å². The second-order valence-electron chi connectivity index (χ2n) is 7.49. The molecular formula is C23H22N2O6S. The van der Waals surface area contributed by atoms with E-state index in [1.165, 1.54) is 6.92 Å². The minimum atomic E-state index is -1.43. The Kier molecular flexibility index (Phi) is 6.22. The highest BCUT2D eigenvalue weighted by Gasteiger charge is 2.29. The number of rotatable bonds is 7. The molecule has 8 nitrogen and oxygen atoms in total. The number of thiazole rings is 1. The molecule has 0 saturated heterocycles. The van der Waals surface area contributed by atoms with Gasteiger partial charge in [-0.3, -0.25) is 0 Å².